The van der Waals surface area contributed by atoms with Gasteiger partial charge in [0, 0.05) is 24.5 Å². The molecule has 1 aromatic rings. The Morgan fingerprint density at radius 1 is 1.55 bits per heavy atom. The van der Waals surface area contributed by atoms with Gasteiger partial charge in [0.25, 0.3) is 0 Å². The monoisotopic (exact) mass is 320 g/mol. The van der Waals surface area contributed by atoms with Crippen LogP contribution in [0.3, 0.4) is 0 Å². The first-order valence-corrected chi connectivity index (χ1v) is 9.14. The van der Waals surface area contributed by atoms with E-state index in [1.165, 1.54) is 16.8 Å². The summed E-state index contributed by atoms with van der Waals surface area (Å²) in [5.41, 5.74) is -0.00950. The standard InChI is InChI=1S/C12H20N2O4S2/c1-4-5-14-7-10(6-11(14)12(15)16)20(17,18)13-9(2)8-19-3/h6-7,9,13H,4-5,8H2,1-3H3,(H,15,16). The van der Waals surface area contributed by atoms with Gasteiger partial charge in [0.1, 0.15) is 10.6 Å². The van der Waals surface area contributed by atoms with Crippen LogP contribution >= 0.6 is 11.8 Å². The summed E-state index contributed by atoms with van der Waals surface area (Å²) in [6.45, 7) is 4.14. The SMILES string of the molecule is CCCn1cc(S(=O)(=O)NC(C)CSC)cc1C(=O)O. The first-order valence-electron chi connectivity index (χ1n) is 6.26. The second-order valence-electron chi connectivity index (χ2n) is 4.54. The summed E-state index contributed by atoms with van der Waals surface area (Å²) in [5.74, 6) is -0.474. The maximum Gasteiger partial charge on any atom is 0.352 e. The Morgan fingerprint density at radius 2 is 2.20 bits per heavy atom. The van der Waals surface area contributed by atoms with Gasteiger partial charge in [-0.2, -0.15) is 11.8 Å². The number of carboxylic acid groups (broad SMARTS) is 1. The third-order valence-electron chi connectivity index (χ3n) is 2.64. The zero-order chi connectivity index (χ0) is 15.3. The average molecular weight is 320 g/mol. The molecule has 0 amide bonds. The number of nitrogens with zero attached hydrogens (tertiary/aromatic N) is 1. The highest BCUT2D eigenvalue weighted by molar-refractivity contribution is 7.98. The number of hydrogen-bond donors (Lipinski definition) is 2. The van der Waals surface area contributed by atoms with E-state index in [1.807, 2.05) is 13.2 Å². The van der Waals surface area contributed by atoms with Crippen molar-refractivity contribution in [3.8, 4) is 0 Å². The van der Waals surface area contributed by atoms with Crippen molar-refractivity contribution < 1.29 is 18.3 Å². The van der Waals surface area contributed by atoms with Gasteiger partial charge in [0.05, 0.1) is 0 Å². The Kier molecular flexibility index (Phi) is 6.09. The molecule has 0 aliphatic carbocycles. The largest absolute Gasteiger partial charge is 0.477 e. The van der Waals surface area contributed by atoms with E-state index in [4.69, 9.17) is 5.11 Å². The summed E-state index contributed by atoms with van der Waals surface area (Å²) in [7, 11) is -3.68. The van der Waals surface area contributed by atoms with E-state index >= 15 is 0 Å². The molecule has 8 heteroatoms. The third kappa shape index (κ3) is 4.26. The summed E-state index contributed by atoms with van der Waals surface area (Å²) in [5, 5.41) is 9.10. The third-order valence-corrected chi connectivity index (χ3v) is 5.03. The van der Waals surface area contributed by atoms with E-state index in [2.05, 4.69) is 4.72 Å². The Balaban J connectivity index is 3.06. The summed E-state index contributed by atoms with van der Waals surface area (Å²) < 4.78 is 28.4. The van der Waals surface area contributed by atoms with Crippen molar-refractivity contribution >= 4 is 27.8 Å². The maximum atomic E-state index is 12.2. The molecule has 0 aliphatic rings. The summed E-state index contributed by atoms with van der Waals surface area (Å²) in [4.78, 5) is 11.1. The number of rotatable bonds is 8. The second kappa shape index (κ2) is 7.14. The summed E-state index contributed by atoms with van der Waals surface area (Å²) in [6.07, 6.45) is 4.00. The molecule has 1 aromatic heterocycles. The summed E-state index contributed by atoms with van der Waals surface area (Å²) in [6, 6.07) is 0.990. The minimum atomic E-state index is -3.68. The predicted octanol–water partition coefficient (Wildman–Crippen LogP) is 1.63. The van der Waals surface area contributed by atoms with Crippen LogP contribution in [0.5, 0.6) is 0 Å². The molecule has 20 heavy (non-hydrogen) atoms. The van der Waals surface area contributed by atoms with Crippen molar-refractivity contribution in [1.82, 2.24) is 9.29 Å². The lowest BCUT2D eigenvalue weighted by Gasteiger charge is -2.11. The Bertz CT molecular complexity index is 566. The molecule has 0 radical (unpaired) electrons. The van der Waals surface area contributed by atoms with Gasteiger partial charge >= 0.3 is 5.97 Å². The fraction of sp³-hybridized carbons (Fsp3) is 0.583. The van der Waals surface area contributed by atoms with Gasteiger partial charge in [-0.25, -0.2) is 17.9 Å². The van der Waals surface area contributed by atoms with Crippen LogP contribution in [0.25, 0.3) is 0 Å². The number of aromatic carboxylic acids is 1. The van der Waals surface area contributed by atoms with Crippen LogP contribution < -0.4 is 4.72 Å². The summed E-state index contributed by atoms with van der Waals surface area (Å²) >= 11 is 1.54. The molecule has 1 unspecified atom stereocenters. The highest BCUT2D eigenvalue weighted by Crippen LogP contribution is 2.16. The van der Waals surface area contributed by atoms with Crippen LogP contribution in [-0.2, 0) is 16.6 Å². The minimum absolute atomic E-state index is 0.00342. The lowest BCUT2D eigenvalue weighted by Crippen LogP contribution is -2.34. The molecule has 1 atom stereocenters. The number of aryl methyl sites for hydroxylation is 1. The van der Waals surface area contributed by atoms with Crippen LogP contribution in [0, 0.1) is 0 Å². The molecule has 0 saturated carbocycles. The highest BCUT2D eigenvalue weighted by Gasteiger charge is 2.22. The van der Waals surface area contributed by atoms with Crippen LogP contribution in [0.4, 0.5) is 0 Å². The number of thioether (sulfide) groups is 1. The average Bonchev–Trinajstić information content (AvgIpc) is 2.74. The Labute approximate surface area is 123 Å². The molecule has 1 heterocycles. The predicted molar refractivity (Wildman–Crippen MR) is 79.8 cm³/mol. The molecule has 114 valence electrons. The molecule has 0 fully saturated rings. The lowest BCUT2D eigenvalue weighted by molar-refractivity contribution is 0.0685. The zero-order valence-corrected chi connectivity index (χ0v) is 13.4. The molecular weight excluding hydrogens is 300 g/mol. The van der Waals surface area contributed by atoms with E-state index in [0.29, 0.717) is 12.3 Å². The lowest BCUT2D eigenvalue weighted by atomic mass is 10.4. The Hall–Kier alpha value is -0.990. The van der Waals surface area contributed by atoms with Crippen molar-refractivity contribution in [3.05, 3.63) is 18.0 Å². The topological polar surface area (TPSA) is 88.4 Å². The van der Waals surface area contributed by atoms with Crippen molar-refractivity contribution in [2.45, 2.75) is 37.8 Å². The fourth-order valence-electron chi connectivity index (χ4n) is 1.85. The zero-order valence-electron chi connectivity index (χ0n) is 11.8. The number of aromatic nitrogens is 1. The molecule has 6 nitrogen and oxygen atoms in total. The van der Waals surface area contributed by atoms with Gasteiger partial charge in [-0.05, 0) is 25.7 Å². The van der Waals surface area contributed by atoms with E-state index in [1.54, 1.807) is 18.7 Å². The van der Waals surface area contributed by atoms with Crippen LogP contribution in [0.1, 0.15) is 30.8 Å². The molecule has 0 aromatic carbocycles. The number of nitrogens with one attached hydrogen (secondary N) is 1. The fourth-order valence-corrected chi connectivity index (χ4v) is 3.82. The molecule has 0 aliphatic heterocycles. The molecule has 2 N–H and O–H groups in total. The maximum absolute atomic E-state index is 12.2. The highest BCUT2D eigenvalue weighted by atomic mass is 32.2. The molecule has 0 bridgehead atoms. The normalized spacial score (nSPS) is 13.3. The van der Waals surface area contributed by atoms with Gasteiger partial charge in [0.2, 0.25) is 10.0 Å². The number of hydrogen-bond acceptors (Lipinski definition) is 4. The van der Waals surface area contributed by atoms with E-state index in [0.717, 1.165) is 6.42 Å². The Morgan fingerprint density at radius 3 is 2.70 bits per heavy atom. The van der Waals surface area contributed by atoms with E-state index in [9.17, 15) is 13.2 Å². The molecule has 1 rings (SSSR count). The molecular formula is C12H20N2O4S2. The number of carbonyl (C=O) groups is 1. The number of sulfonamides is 1. The van der Waals surface area contributed by atoms with Crippen LogP contribution in [0.15, 0.2) is 17.2 Å². The molecule has 0 spiro atoms. The van der Waals surface area contributed by atoms with Gasteiger partial charge in [-0.15, -0.1) is 0 Å². The van der Waals surface area contributed by atoms with Crippen molar-refractivity contribution in [2.24, 2.45) is 0 Å². The van der Waals surface area contributed by atoms with Crippen LogP contribution in [-0.4, -0.2) is 42.1 Å². The van der Waals surface area contributed by atoms with Crippen molar-refractivity contribution in [2.75, 3.05) is 12.0 Å². The van der Waals surface area contributed by atoms with Crippen molar-refractivity contribution in [3.63, 3.8) is 0 Å². The van der Waals surface area contributed by atoms with Crippen molar-refractivity contribution in [1.29, 1.82) is 0 Å². The first-order chi connectivity index (χ1) is 9.31. The van der Waals surface area contributed by atoms with Gasteiger partial charge < -0.3 is 9.67 Å². The smallest absolute Gasteiger partial charge is 0.352 e. The quantitative estimate of drug-likeness (QED) is 0.760. The van der Waals surface area contributed by atoms with E-state index in [-0.39, 0.29) is 16.6 Å². The first kappa shape index (κ1) is 17.1. The van der Waals surface area contributed by atoms with Gasteiger partial charge in [-0.1, -0.05) is 6.92 Å². The van der Waals surface area contributed by atoms with Gasteiger partial charge in [0.15, 0.2) is 0 Å². The molecule has 0 saturated heterocycles. The van der Waals surface area contributed by atoms with Crippen LogP contribution in [0.2, 0.25) is 0 Å². The van der Waals surface area contributed by atoms with E-state index < -0.39 is 16.0 Å². The minimum Gasteiger partial charge on any atom is -0.477 e. The van der Waals surface area contributed by atoms with Gasteiger partial charge in [-0.3, -0.25) is 0 Å². The number of carboxylic acids is 1. The second-order valence-corrected chi connectivity index (χ2v) is 7.16.